The fraction of sp³-hybridized carbons (Fsp3) is 0. The third kappa shape index (κ3) is 5.05. The molecule has 4 aromatic rings. The molecule has 0 spiro atoms. The Bertz CT molecular complexity index is 1420. The number of carbonyl (C=O) groups excluding carboxylic acids is 1. The van der Waals surface area contributed by atoms with Crippen LogP contribution in [0.25, 0.3) is 0 Å². The number of amides is 1. The van der Waals surface area contributed by atoms with Crippen LogP contribution in [-0.2, 0) is 9.84 Å². The SMILES string of the molecule is O=C(Nc1ncc(S(=O)(=O)c2ccc([N+](=O)[O-])cc2)s1)c1cccc(Oc2ccccc2)c1. The van der Waals surface area contributed by atoms with Gasteiger partial charge in [0.15, 0.2) is 5.13 Å². The summed E-state index contributed by atoms with van der Waals surface area (Å²) >= 11 is 0.779. The van der Waals surface area contributed by atoms with E-state index >= 15 is 0 Å². The van der Waals surface area contributed by atoms with Gasteiger partial charge in [-0.2, -0.15) is 0 Å². The first-order valence-corrected chi connectivity index (χ1v) is 11.7. The Labute approximate surface area is 192 Å². The fourth-order valence-electron chi connectivity index (χ4n) is 2.80. The number of nitro groups is 1. The topological polar surface area (TPSA) is 128 Å². The van der Waals surface area contributed by atoms with Crippen molar-refractivity contribution in [3.8, 4) is 11.5 Å². The molecule has 1 heterocycles. The molecule has 33 heavy (non-hydrogen) atoms. The summed E-state index contributed by atoms with van der Waals surface area (Å²) in [5, 5.41) is 13.4. The molecule has 1 amide bonds. The summed E-state index contributed by atoms with van der Waals surface area (Å²) in [6, 6.07) is 20.2. The zero-order valence-electron chi connectivity index (χ0n) is 16.7. The minimum atomic E-state index is -3.94. The lowest BCUT2D eigenvalue weighted by Crippen LogP contribution is -2.11. The highest BCUT2D eigenvalue weighted by Gasteiger charge is 2.22. The number of hydrogen-bond acceptors (Lipinski definition) is 8. The van der Waals surface area contributed by atoms with E-state index in [2.05, 4.69) is 10.3 Å². The Morgan fingerprint density at radius 2 is 1.67 bits per heavy atom. The van der Waals surface area contributed by atoms with Gasteiger partial charge in [0.05, 0.1) is 16.0 Å². The van der Waals surface area contributed by atoms with Gasteiger partial charge in [-0.1, -0.05) is 35.6 Å². The van der Waals surface area contributed by atoms with Crippen LogP contribution in [-0.4, -0.2) is 24.2 Å². The summed E-state index contributed by atoms with van der Waals surface area (Å²) < 4.78 is 31.2. The normalized spacial score (nSPS) is 11.0. The fourth-order valence-corrected chi connectivity index (χ4v) is 5.23. The Morgan fingerprint density at radius 3 is 2.36 bits per heavy atom. The van der Waals surface area contributed by atoms with Crippen molar-refractivity contribution in [2.75, 3.05) is 5.32 Å². The Morgan fingerprint density at radius 1 is 0.970 bits per heavy atom. The van der Waals surface area contributed by atoms with Crippen LogP contribution < -0.4 is 10.1 Å². The summed E-state index contributed by atoms with van der Waals surface area (Å²) in [6.45, 7) is 0. The van der Waals surface area contributed by atoms with Gasteiger partial charge < -0.3 is 4.74 Å². The molecule has 0 radical (unpaired) electrons. The maximum atomic E-state index is 12.8. The quantitative estimate of drug-likeness (QED) is 0.293. The molecule has 0 saturated heterocycles. The predicted molar refractivity (Wildman–Crippen MR) is 122 cm³/mol. The minimum Gasteiger partial charge on any atom is -0.457 e. The van der Waals surface area contributed by atoms with Crippen LogP contribution >= 0.6 is 11.3 Å². The van der Waals surface area contributed by atoms with Crippen molar-refractivity contribution in [3.05, 3.63) is 101 Å². The molecule has 0 aliphatic carbocycles. The first kappa shape index (κ1) is 22.1. The highest BCUT2D eigenvalue weighted by Crippen LogP contribution is 2.30. The molecule has 166 valence electrons. The predicted octanol–water partition coefficient (Wildman–Crippen LogP) is 4.93. The number of rotatable bonds is 7. The van der Waals surface area contributed by atoms with Crippen LogP contribution in [0.1, 0.15) is 10.4 Å². The van der Waals surface area contributed by atoms with Crippen molar-refractivity contribution in [1.82, 2.24) is 4.98 Å². The molecule has 3 aromatic carbocycles. The molecule has 1 aromatic heterocycles. The monoisotopic (exact) mass is 481 g/mol. The molecule has 0 bridgehead atoms. The number of benzene rings is 3. The van der Waals surface area contributed by atoms with Crippen molar-refractivity contribution in [3.63, 3.8) is 0 Å². The van der Waals surface area contributed by atoms with Gasteiger partial charge in [0.25, 0.3) is 11.6 Å². The molecule has 11 heteroatoms. The Balaban J connectivity index is 1.49. The summed E-state index contributed by atoms with van der Waals surface area (Å²) in [5.41, 5.74) is 0.0862. The van der Waals surface area contributed by atoms with Crippen LogP contribution in [0.4, 0.5) is 10.8 Å². The maximum Gasteiger partial charge on any atom is 0.269 e. The lowest BCUT2D eigenvalue weighted by Gasteiger charge is -2.07. The number of aromatic nitrogens is 1. The smallest absolute Gasteiger partial charge is 0.269 e. The van der Waals surface area contributed by atoms with E-state index in [1.54, 1.807) is 36.4 Å². The largest absolute Gasteiger partial charge is 0.457 e. The number of thiazole rings is 1. The Hall–Kier alpha value is -4.09. The van der Waals surface area contributed by atoms with Gasteiger partial charge >= 0.3 is 0 Å². The van der Waals surface area contributed by atoms with E-state index in [9.17, 15) is 23.3 Å². The van der Waals surface area contributed by atoms with Gasteiger partial charge in [-0.05, 0) is 42.5 Å². The lowest BCUT2D eigenvalue weighted by molar-refractivity contribution is -0.384. The zero-order valence-corrected chi connectivity index (χ0v) is 18.4. The van der Waals surface area contributed by atoms with Crippen molar-refractivity contribution in [1.29, 1.82) is 0 Å². The molecule has 1 N–H and O–H groups in total. The zero-order chi connectivity index (χ0) is 23.4. The molecule has 0 aliphatic rings. The number of hydrogen-bond donors (Lipinski definition) is 1. The first-order chi connectivity index (χ1) is 15.8. The van der Waals surface area contributed by atoms with E-state index in [-0.39, 0.29) is 19.9 Å². The van der Waals surface area contributed by atoms with Gasteiger partial charge in [-0.25, -0.2) is 13.4 Å². The number of para-hydroxylation sites is 1. The van der Waals surface area contributed by atoms with Crippen molar-refractivity contribution < 1.29 is 22.9 Å². The average molecular weight is 482 g/mol. The minimum absolute atomic E-state index is 0.0925. The van der Waals surface area contributed by atoms with Crippen LogP contribution in [0.5, 0.6) is 11.5 Å². The van der Waals surface area contributed by atoms with Crippen molar-refractivity contribution in [2.24, 2.45) is 0 Å². The molecule has 9 nitrogen and oxygen atoms in total. The molecular formula is C22H15N3O6S2. The number of ether oxygens (including phenoxy) is 1. The van der Waals surface area contributed by atoms with Crippen LogP contribution in [0.2, 0.25) is 0 Å². The van der Waals surface area contributed by atoms with Gasteiger partial charge in [-0.3, -0.25) is 20.2 Å². The van der Waals surface area contributed by atoms with E-state index < -0.39 is 20.7 Å². The first-order valence-electron chi connectivity index (χ1n) is 9.42. The number of nitrogens with one attached hydrogen (secondary N) is 1. The lowest BCUT2D eigenvalue weighted by atomic mass is 10.2. The van der Waals surface area contributed by atoms with Gasteiger partial charge in [0.2, 0.25) is 9.84 Å². The molecule has 0 aliphatic heterocycles. The second-order valence-electron chi connectivity index (χ2n) is 6.64. The molecule has 4 rings (SSSR count). The number of nitro benzene ring substituents is 1. The van der Waals surface area contributed by atoms with Gasteiger partial charge in [0.1, 0.15) is 15.7 Å². The van der Waals surface area contributed by atoms with Crippen LogP contribution in [0.3, 0.4) is 0 Å². The van der Waals surface area contributed by atoms with E-state index in [0.29, 0.717) is 17.1 Å². The van der Waals surface area contributed by atoms with Crippen LogP contribution in [0, 0.1) is 10.1 Å². The number of sulfone groups is 1. The van der Waals surface area contributed by atoms with E-state index in [1.165, 1.54) is 0 Å². The summed E-state index contributed by atoms with van der Waals surface area (Å²) in [6.07, 6.45) is 1.13. The summed E-state index contributed by atoms with van der Waals surface area (Å²) in [5.74, 6) is 0.604. The van der Waals surface area contributed by atoms with E-state index in [0.717, 1.165) is 41.8 Å². The van der Waals surface area contributed by atoms with Gasteiger partial charge in [0, 0.05) is 17.7 Å². The number of carbonyl (C=O) groups is 1. The van der Waals surface area contributed by atoms with E-state index in [1.807, 2.05) is 18.2 Å². The third-order valence-corrected chi connectivity index (χ3v) is 7.55. The van der Waals surface area contributed by atoms with Gasteiger partial charge in [-0.15, -0.1) is 0 Å². The highest BCUT2D eigenvalue weighted by molar-refractivity contribution is 7.93. The number of anilines is 1. The Kier molecular flexibility index (Phi) is 6.16. The summed E-state index contributed by atoms with van der Waals surface area (Å²) in [7, 11) is -3.94. The molecule has 0 atom stereocenters. The van der Waals surface area contributed by atoms with Crippen LogP contribution in [0.15, 0.2) is 94.2 Å². The third-order valence-electron chi connectivity index (χ3n) is 4.40. The molecular weight excluding hydrogens is 466 g/mol. The van der Waals surface area contributed by atoms with E-state index in [4.69, 9.17) is 4.74 Å². The second-order valence-corrected chi connectivity index (χ2v) is 9.84. The maximum absolute atomic E-state index is 12.8. The number of non-ortho nitro benzene ring substituents is 1. The average Bonchev–Trinajstić information content (AvgIpc) is 3.29. The van der Waals surface area contributed by atoms with Crippen molar-refractivity contribution >= 4 is 37.9 Å². The molecule has 0 unspecified atom stereocenters. The summed E-state index contributed by atoms with van der Waals surface area (Å²) in [4.78, 5) is 26.7. The second kappa shape index (κ2) is 9.18. The standard InChI is InChI=1S/C22H15N3O6S2/c26-21(15-5-4-8-18(13-15)31-17-6-2-1-3-7-17)24-22-23-14-20(32-22)33(29,30)19-11-9-16(10-12-19)25(27)28/h1-14H,(H,23,24,26). The number of nitrogens with zero attached hydrogens (tertiary/aromatic N) is 2. The molecule has 0 fully saturated rings. The highest BCUT2D eigenvalue weighted by atomic mass is 32.2. The van der Waals surface area contributed by atoms with Crippen molar-refractivity contribution in [2.45, 2.75) is 9.10 Å². The molecule has 0 saturated carbocycles.